The van der Waals surface area contributed by atoms with Crippen molar-refractivity contribution in [1.29, 1.82) is 0 Å². The lowest BCUT2D eigenvalue weighted by Gasteiger charge is -2.22. The largest absolute Gasteiger partial charge is 0.421 e. The van der Waals surface area contributed by atoms with Crippen LogP contribution in [0.2, 0.25) is 0 Å². The molecule has 2 heterocycles. The second-order valence-corrected chi connectivity index (χ2v) is 5.59. The molecule has 0 unspecified atom stereocenters. The molecule has 2 rings (SSSR count). The van der Waals surface area contributed by atoms with E-state index in [2.05, 4.69) is 0 Å². The van der Waals surface area contributed by atoms with Crippen LogP contribution in [0.1, 0.15) is 18.9 Å². The quantitative estimate of drug-likeness (QED) is 0.802. The van der Waals surface area contributed by atoms with Crippen LogP contribution in [0, 0.1) is 0 Å². The summed E-state index contributed by atoms with van der Waals surface area (Å²) in [5, 5.41) is 0. The molecule has 1 saturated heterocycles. The summed E-state index contributed by atoms with van der Waals surface area (Å²) >= 11 is 0. The van der Waals surface area contributed by atoms with E-state index in [0.717, 1.165) is 16.8 Å². The van der Waals surface area contributed by atoms with Gasteiger partial charge in [0.25, 0.3) is 5.56 Å². The first kappa shape index (κ1) is 18.0. The molecule has 0 aromatic carbocycles. The molecule has 0 radical (unpaired) electrons. The van der Waals surface area contributed by atoms with Crippen molar-refractivity contribution in [1.82, 2.24) is 14.4 Å². The number of carbonyl (C=O) groups is 2. The third kappa shape index (κ3) is 4.15. The van der Waals surface area contributed by atoms with E-state index in [0.29, 0.717) is 38.7 Å². The van der Waals surface area contributed by atoms with Gasteiger partial charge in [-0.05, 0) is 18.6 Å². The summed E-state index contributed by atoms with van der Waals surface area (Å²) in [4.78, 5) is 38.6. The van der Waals surface area contributed by atoms with Crippen molar-refractivity contribution < 1.29 is 22.8 Å². The summed E-state index contributed by atoms with van der Waals surface area (Å²) < 4.78 is 39.0. The van der Waals surface area contributed by atoms with Crippen molar-refractivity contribution in [2.45, 2.75) is 26.1 Å². The zero-order valence-corrected chi connectivity index (χ0v) is 13.2. The number of hydrogen-bond donors (Lipinski definition) is 0. The van der Waals surface area contributed by atoms with Gasteiger partial charge in [-0.1, -0.05) is 0 Å². The van der Waals surface area contributed by atoms with Gasteiger partial charge in [-0.25, -0.2) is 0 Å². The molecular formula is C15H18F3N3O3. The number of nitrogens with zero attached hydrogens (tertiary/aromatic N) is 3. The second-order valence-electron chi connectivity index (χ2n) is 5.59. The third-order valence-electron chi connectivity index (χ3n) is 3.93. The minimum atomic E-state index is -4.76. The van der Waals surface area contributed by atoms with E-state index in [1.54, 1.807) is 4.90 Å². The summed E-state index contributed by atoms with van der Waals surface area (Å²) in [5.74, 6) is -0.528. The number of aromatic nitrogens is 1. The highest BCUT2D eigenvalue weighted by Crippen LogP contribution is 2.25. The summed E-state index contributed by atoms with van der Waals surface area (Å²) in [6.07, 6.45) is -3.01. The lowest BCUT2D eigenvalue weighted by Crippen LogP contribution is -2.40. The Morgan fingerprint density at radius 3 is 2.38 bits per heavy atom. The lowest BCUT2D eigenvalue weighted by molar-refractivity contribution is -0.139. The Morgan fingerprint density at radius 1 is 1.12 bits per heavy atom. The summed E-state index contributed by atoms with van der Waals surface area (Å²) in [7, 11) is 0. The molecule has 1 aliphatic heterocycles. The molecular weight excluding hydrogens is 327 g/mol. The molecule has 0 aliphatic carbocycles. The average molecular weight is 345 g/mol. The van der Waals surface area contributed by atoms with Crippen LogP contribution in [0.4, 0.5) is 13.2 Å². The van der Waals surface area contributed by atoms with E-state index in [-0.39, 0.29) is 5.91 Å². The predicted octanol–water partition coefficient (Wildman–Crippen LogP) is 0.948. The van der Waals surface area contributed by atoms with E-state index in [9.17, 15) is 27.6 Å². The van der Waals surface area contributed by atoms with Gasteiger partial charge in [0.05, 0.1) is 0 Å². The molecule has 2 amide bonds. The smallest absolute Gasteiger partial charge is 0.341 e. The molecule has 1 aromatic heterocycles. The number of alkyl halides is 3. The van der Waals surface area contributed by atoms with Crippen LogP contribution < -0.4 is 5.56 Å². The fourth-order valence-corrected chi connectivity index (χ4v) is 2.60. The highest BCUT2D eigenvalue weighted by Gasteiger charge is 2.34. The molecule has 0 atom stereocenters. The molecule has 0 spiro atoms. The lowest BCUT2D eigenvalue weighted by atomic mass is 10.2. The summed E-state index contributed by atoms with van der Waals surface area (Å²) in [6, 6.07) is 1.79. The van der Waals surface area contributed by atoms with Crippen molar-refractivity contribution in [3.05, 3.63) is 34.2 Å². The number of hydrogen-bond acceptors (Lipinski definition) is 3. The van der Waals surface area contributed by atoms with Gasteiger partial charge in [0.2, 0.25) is 11.8 Å². The van der Waals surface area contributed by atoms with Gasteiger partial charge in [-0.2, -0.15) is 13.2 Å². The molecule has 6 nitrogen and oxygen atoms in total. The summed E-state index contributed by atoms with van der Waals surface area (Å²) in [6.45, 7) is 2.59. The van der Waals surface area contributed by atoms with Crippen LogP contribution in [-0.4, -0.2) is 52.4 Å². The molecule has 9 heteroatoms. The van der Waals surface area contributed by atoms with Gasteiger partial charge in [0.1, 0.15) is 12.1 Å². The van der Waals surface area contributed by atoms with E-state index < -0.39 is 29.8 Å². The Kier molecular flexibility index (Phi) is 5.30. The summed E-state index contributed by atoms with van der Waals surface area (Å²) in [5.41, 5.74) is -2.53. The highest BCUT2D eigenvalue weighted by atomic mass is 19.4. The number of rotatable bonds is 2. The van der Waals surface area contributed by atoms with Crippen molar-refractivity contribution in [3.8, 4) is 0 Å². The topological polar surface area (TPSA) is 62.6 Å². The number of amides is 2. The number of pyridine rings is 1. The molecule has 24 heavy (non-hydrogen) atoms. The first-order valence-corrected chi connectivity index (χ1v) is 7.50. The first-order chi connectivity index (χ1) is 11.2. The average Bonchev–Trinajstić information content (AvgIpc) is 2.74. The van der Waals surface area contributed by atoms with Crippen molar-refractivity contribution in [2.24, 2.45) is 0 Å². The fraction of sp³-hybridized carbons (Fsp3) is 0.533. The Morgan fingerprint density at radius 2 is 1.75 bits per heavy atom. The molecule has 0 N–H and O–H groups in total. The second kappa shape index (κ2) is 7.06. The normalized spacial score (nSPS) is 16.0. The maximum atomic E-state index is 12.7. The minimum absolute atomic E-state index is 0.0848. The van der Waals surface area contributed by atoms with Crippen LogP contribution in [0.5, 0.6) is 0 Å². The maximum absolute atomic E-state index is 12.7. The van der Waals surface area contributed by atoms with E-state index >= 15 is 0 Å². The van der Waals surface area contributed by atoms with Gasteiger partial charge in [0.15, 0.2) is 0 Å². The zero-order chi connectivity index (χ0) is 17.9. The van der Waals surface area contributed by atoms with Gasteiger partial charge in [-0.3, -0.25) is 14.4 Å². The van der Waals surface area contributed by atoms with Crippen LogP contribution in [0.25, 0.3) is 0 Å². The standard InChI is InChI=1S/C15H18F3N3O3/c1-11(22)19-6-3-7-20(9-8-19)13(23)10-21-5-2-4-12(14(21)24)15(16,17)18/h2,4-5H,3,6-10H2,1H3. The van der Waals surface area contributed by atoms with Gasteiger partial charge in [-0.15, -0.1) is 0 Å². The monoisotopic (exact) mass is 345 g/mol. The SMILES string of the molecule is CC(=O)N1CCCN(C(=O)Cn2cccc(C(F)(F)F)c2=O)CC1. The number of carbonyl (C=O) groups excluding carboxylic acids is 2. The van der Waals surface area contributed by atoms with Crippen LogP contribution in [-0.2, 0) is 22.3 Å². The molecule has 0 bridgehead atoms. The Hall–Kier alpha value is -2.32. The van der Waals surface area contributed by atoms with E-state index in [1.165, 1.54) is 11.8 Å². The Bertz CT molecular complexity index is 685. The van der Waals surface area contributed by atoms with Crippen LogP contribution >= 0.6 is 0 Å². The molecule has 0 saturated carbocycles. The molecule has 132 valence electrons. The predicted molar refractivity (Wildman–Crippen MR) is 79.2 cm³/mol. The third-order valence-corrected chi connectivity index (χ3v) is 3.93. The van der Waals surface area contributed by atoms with Crippen molar-refractivity contribution in [2.75, 3.05) is 26.2 Å². The van der Waals surface area contributed by atoms with E-state index in [1.807, 2.05) is 0 Å². The van der Waals surface area contributed by atoms with Crippen LogP contribution in [0.3, 0.4) is 0 Å². The zero-order valence-electron chi connectivity index (χ0n) is 13.2. The molecule has 1 fully saturated rings. The van der Waals surface area contributed by atoms with Crippen molar-refractivity contribution >= 4 is 11.8 Å². The molecule has 1 aromatic rings. The van der Waals surface area contributed by atoms with Crippen molar-refractivity contribution in [3.63, 3.8) is 0 Å². The fourth-order valence-electron chi connectivity index (χ4n) is 2.60. The Balaban J connectivity index is 2.10. The van der Waals surface area contributed by atoms with Gasteiger partial charge in [0, 0.05) is 39.3 Å². The Labute approximate surface area is 136 Å². The van der Waals surface area contributed by atoms with Gasteiger partial charge < -0.3 is 14.4 Å². The highest BCUT2D eigenvalue weighted by molar-refractivity contribution is 5.76. The first-order valence-electron chi connectivity index (χ1n) is 7.50. The maximum Gasteiger partial charge on any atom is 0.421 e. The van der Waals surface area contributed by atoms with E-state index in [4.69, 9.17) is 0 Å². The van der Waals surface area contributed by atoms with Crippen LogP contribution in [0.15, 0.2) is 23.1 Å². The molecule has 1 aliphatic rings. The van der Waals surface area contributed by atoms with Gasteiger partial charge >= 0.3 is 6.18 Å². The number of halogens is 3. The minimum Gasteiger partial charge on any atom is -0.341 e.